The summed E-state index contributed by atoms with van der Waals surface area (Å²) in [5.41, 5.74) is 2.81. The van der Waals surface area contributed by atoms with Crippen LogP contribution in [0.15, 0.2) is 48.6 Å². The van der Waals surface area contributed by atoms with E-state index < -0.39 is 0 Å². The van der Waals surface area contributed by atoms with Gasteiger partial charge in [0.1, 0.15) is 5.75 Å². The van der Waals surface area contributed by atoms with Crippen molar-refractivity contribution in [3.63, 3.8) is 0 Å². The zero-order chi connectivity index (χ0) is 17.6. The number of nitro groups is 1. The molecule has 128 valence electrons. The average molecular weight is 357 g/mol. The summed E-state index contributed by atoms with van der Waals surface area (Å²) in [6.07, 6.45) is 5.18. The van der Waals surface area contributed by atoms with Crippen molar-refractivity contribution in [1.29, 1.82) is 0 Å². The Hall–Kier alpha value is -2.53. The van der Waals surface area contributed by atoms with Gasteiger partial charge < -0.3 is 10.1 Å². The number of hydrogen-bond acceptors (Lipinski definition) is 4. The highest BCUT2D eigenvalue weighted by molar-refractivity contribution is 6.31. The van der Waals surface area contributed by atoms with E-state index in [-0.39, 0.29) is 28.5 Å². The van der Waals surface area contributed by atoms with Crippen molar-refractivity contribution < 1.29 is 9.66 Å². The molecule has 4 rings (SSSR count). The van der Waals surface area contributed by atoms with E-state index in [0.29, 0.717) is 5.75 Å². The third-order valence-corrected chi connectivity index (χ3v) is 5.43. The molecule has 25 heavy (non-hydrogen) atoms. The van der Waals surface area contributed by atoms with Gasteiger partial charge in [0, 0.05) is 17.0 Å². The molecule has 0 bridgehead atoms. The molecule has 6 heteroatoms. The minimum atomic E-state index is -0.378. The fourth-order valence-corrected chi connectivity index (χ4v) is 4.21. The van der Waals surface area contributed by atoms with Crippen molar-refractivity contribution in [3.8, 4) is 5.75 Å². The Kier molecular flexibility index (Phi) is 3.88. The first-order valence-electron chi connectivity index (χ1n) is 8.14. The lowest BCUT2D eigenvalue weighted by Crippen LogP contribution is -2.29. The van der Waals surface area contributed by atoms with Gasteiger partial charge in [-0.3, -0.25) is 10.1 Å². The molecule has 2 aliphatic rings. The molecule has 2 aromatic rings. The van der Waals surface area contributed by atoms with Crippen molar-refractivity contribution in [2.75, 3.05) is 12.4 Å². The van der Waals surface area contributed by atoms with Crippen molar-refractivity contribution in [2.24, 2.45) is 5.92 Å². The van der Waals surface area contributed by atoms with Crippen LogP contribution >= 0.6 is 11.6 Å². The summed E-state index contributed by atoms with van der Waals surface area (Å²) in [4.78, 5) is 10.9. The predicted molar refractivity (Wildman–Crippen MR) is 97.5 cm³/mol. The first-order chi connectivity index (χ1) is 12.1. The van der Waals surface area contributed by atoms with Gasteiger partial charge in [-0.15, -0.1) is 0 Å². The molecule has 0 spiro atoms. The Bertz CT molecular complexity index is 881. The summed E-state index contributed by atoms with van der Waals surface area (Å²) in [5.74, 6) is 0.852. The summed E-state index contributed by atoms with van der Waals surface area (Å²) in [6, 6.07) is 10.9. The van der Waals surface area contributed by atoms with E-state index in [0.717, 1.165) is 28.3 Å². The van der Waals surface area contributed by atoms with Gasteiger partial charge in [-0.2, -0.15) is 0 Å². The largest absolute Gasteiger partial charge is 0.494 e. The summed E-state index contributed by atoms with van der Waals surface area (Å²) in [5, 5.41) is 15.5. The van der Waals surface area contributed by atoms with Crippen LogP contribution in [0.3, 0.4) is 0 Å². The average Bonchev–Trinajstić information content (AvgIpc) is 3.10. The molecule has 0 unspecified atom stereocenters. The van der Waals surface area contributed by atoms with Crippen LogP contribution in [-0.2, 0) is 0 Å². The molecule has 0 aromatic heterocycles. The van der Waals surface area contributed by atoms with E-state index >= 15 is 0 Å². The number of ether oxygens (including phenoxy) is 1. The normalized spacial score (nSPS) is 23.5. The Labute approximate surface area is 150 Å². The maximum Gasteiger partial charge on any atom is 0.273 e. The quantitative estimate of drug-likeness (QED) is 0.473. The minimum absolute atomic E-state index is 0.0246. The number of hydrogen-bond donors (Lipinski definition) is 1. The molecular formula is C19H17ClN2O3. The van der Waals surface area contributed by atoms with Gasteiger partial charge in [-0.05, 0) is 29.5 Å². The number of nitrogens with zero attached hydrogens (tertiary/aromatic N) is 1. The summed E-state index contributed by atoms with van der Waals surface area (Å²) in [7, 11) is 1.53. The van der Waals surface area contributed by atoms with E-state index in [4.69, 9.17) is 16.3 Å². The lowest BCUT2D eigenvalue weighted by Gasteiger charge is -2.38. The molecule has 2 aromatic carbocycles. The lowest BCUT2D eigenvalue weighted by atomic mass is 9.76. The number of rotatable bonds is 3. The number of nitro benzene ring substituents is 1. The Balaban J connectivity index is 1.87. The van der Waals surface area contributed by atoms with Gasteiger partial charge in [0.15, 0.2) is 0 Å². The van der Waals surface area contributed by atoms with Gasteiger partial charge in [0.25, 0.3) is 5.69 Å². The molecule has 0 fully saturated rings. The predicted octanol–water partition coefficient (Wildman–Crippen LogP) is 5.08. The molecule has 1 N–H and O–H groups in total. The first kappa shape index (κ1) is 16.0. The second kappa shape index (κ2) is 6.08. The third-order valence-electron chi connectivity index (χ3n) is 5.09. The highest BCUT2D eigenvalue weighted by Crippen LogP contribution is 2.53. The van der Waals surface area contributed by atoms with Crippen LogP contribution in [0.25, 0.3) is 0 Å². The van der Waals surface area contributed by atoms with Crippen LogP contribution in [0.5, 0.6) is 5.75 Å². The number of fused-ring (bicyclic) bond motifs is 3. The highest BCUT2D eigenvalue weighted by Gasteiger charge is 2.40. The Morgan fingerprint density at radius 1 is 1.28 bits per heavy atom. The van der Waals surface area contributed by atoms with E-state index in [1.54, 1.807) is 6.07 Å². The van der Waals surface area contributed by atoms with Crippen LogP contribution < -0.4 is 10.1 Å². The second-order valence-corrected chi connectivity index (χ2v) is 6.77. The van der Waals surface area contributed by atoms with Crippen molar-refractivity contribution >= 4 is 23.0 Å². The summed E-state index contributed by atoms with van der Waals surface area (Å²) in [6.45, 7) is 0. The maximum absolute atomic E-state index is 11.3. The van der Waals surface area contributed by atoms with E-state index in [1.807, 2.05) is 24.3 Å². The van der Waals surface area contributed by atoms with Crippen LogP contribution in [0.2, 0.25) is 5.02 Å². The molecule has 0 amide bonds. The molecule has 1 heterocycles. The van der Waals surface area contributed by atoms with Crippen molar-refractivity contribution in [1.82, 2.24) is 0 Å². The van der Waals surface area contributed by atoms with Crippen LogP contribution in [0.4, 0.5) is 11.4 Å². The fraction of sp³-hybridized carbons (Fsp3) is 0.263. The molecule has 5 nitrogen and oxygen atoms in total. The minimum Gasteiger partial charge on any atom is -0.494 e. The Morgan fingerprint density at radius 3 is 2.80 bits per heavy atom. The maximum atomic E-state index is 11.3. The molecular weight excluding hydrogens is 340 g/mol. The zero-order valence-corrected chi connectivity index (χ0v) is 14.4. The summed E-state index contributed by atoms with van der Waals surface area (Å²) < 4.78 is 5.44. The van der Waals surface area contributed by atoms with E-state index in [9.17, 15) is 10.1 Å². The second-order valence-electron chi connectivity index (χ2n) is 6.37. The fourth-order valence-electron chi connectivity index (χ4n) is 3.95. The lowest BCUT2D eigenvalue weighted by molar-refractivity contribution is -0.385. The number of allylic oxidation sites excluding steroid dienone is 2. The van der Waals surface area contributed by atoms with Gasteiger partial charge >= 0.3 is 0 Å². The first-order valence-corrected chi connectivity index (χ1v) is 8.52. The zero-order valence-electron chi connectivity index (χ0n) is 13.6. The van der Waals surface area contributed by atoms with Crippen molar-refractivity contribution in [2.45, 2.75) is 18.4 Å². The molecule has 0 saturated heterocycles. The van der Waals surface area contributed by atoms with E-state index in [1.165, 1.54) is 13.2 Å². The Morgan fingerprint density at radius 2 is 2.08 bits per heavy atom. The van der Waals surface area contributed by atoms with E-state index in [2.05, 4.69) is 17.5 Å². The van der Waals surface area contributed by atoms with Gasteiger partial charge in [0.2, 0.25) is 0 Å². The molecule has 1 aliphatic heterocycles. The standard InChI is InChI=1S/C19H17ClN2O3/c1-25-17-10-11(22(23)24)9-15-12-6-4-7-13(12)18(21-19(15)17)14-5-2-3-8-16(14)20/h2-6,8-10,12-13,18,21H,7H2,1H3/t12-,13+,18+/m0/s1. The smallest absolute Gasteiger partial charge is 0.273 e. The number of methoxy groups -OCH3 is 1. The van der Waals surface area contributed by atoms with Crippen molar-refractivity contribution in [3.05, 3.63) is 74.8 Å². The molecule has 0 radical (unpaired) electrons. The number of nitrogens with one attached hydrogen (secondary N) is 1. The topological polar surface area (TPSA) is 64.4 Å². The molecule has 0 saturated carbocycles. The SMILES string of the molecule is COc1cc([N+](=O)[O-])cc2c1N[C@@H](c1ccccc1Cl)[C@@H]1CC=C[C@H]21. The van der Waals surface area contributed by atoms with Gasteiger partial charge in [-0.1, -0.05) is 42.0 Å². The summed E-state index contributed by atoms with van der Waals surface area (Å²) >= 11 is 6.43. The van der Waals surface area contributed by atoms with Crippen LogP contribution in [-0.4, -0.2) is 12.0 Å². The number of anilines is 1. The van der Waals surface area contributed by atoms with Crippen LogP contribution in [0, 0.1) is 16.0 Å². The molecule has 3 atom stereocenters. The van der Waals surface area contributed by atoms with Gasteiger partial charge in [-0.25, -0.2) is 0 Å². The molecule has 1 aliphatic carbocycles. The highest BCUT2D eigenvalue weighted by atomic mass is 35.5. The third kappa shape index (κ3) is 2.55. The number of non-ortho nitro benzene ring substituents is 1. The van der Waals surface area contributed by atoms with Gasteiger partial charge in [0.05, 0.1) is 29.8 Å². The van der Waals surface area contributed by atoms with Crippen LogP contribution in [0.1, 0.15) is 29.5 Å². The monoisotopic (exact) mass is 356 g/mol. The number of halogens is 1. The number of benzene rings is 2.